The Bertz CT molecular complexity index is 620. The van der Waals surface area contributed by atoms with Crippen LogP contribution in [0, 0.1) is 0 Å². The number of unbranched alkanes of at least 4 members (excludes halogenated alkanes) is 6. The number of ether oxygens (including phenoxy) is 2. The molecule has 136 valence electrons. The molecule has 1 aliphatic heterocycles. The highest BCUT2D eigenvalue weighted by molar-refractivity contribution is 5.92. The molecule has 0 atom stereocenters. The van der Waals surface area contributed by atoms with E-state index < -0.39 is 0 Å². The molecule has 4 nitrogen and oxygen atoms in total. The Morgan fingerprint density at radius 3 is 2.68 bits per heavy atom. The molecule has 0 radical (unpaired) electrons. The Balaban J connectivity index is 1.80. The lowest BCUT2D eigenvalue weighted by molar-refractivity contribution is -0.114. The molecule has 0 aromatic heterocycles. The van der Waals surface area contributed by atoms with Crippen LogP contribution < -0.4 is 15.2 Å². The lowest BCUT2D eigenvalue weighted by Gasteiger charge is -2.04. The van der Waals surface area contributed by atoms with Gasteiger partial charge in [-0.3, -0.25) is 4.79 Å². The molecule has 0 unspecified atom stereocenters. The fourth-order valence-electron chi connectivity index (χ4n) is 2.82. The average molecular weight is 343 g/mol. The van der Waals surface area contributed by atoms with Crippen molar-refractivity contribution in [2.75, 3.05) is 6.79 Å². The summed E-state index contributed by atoms with van der Waals surface area (Å²) in [5, 5.41) is 0. The molecule has 2 rings (SSSR count). The van der Waals surface area contributed by atoms with Crippen molar-refractivity contribution in [3.05, 3.63) is 47.6 Å². The van der Waals surface area contributed by atoms with Gasteiger partial charge in [0, 0.05) is 12.0 Å². The highest BCUT2D eigenvalue weighted by Gasteiger charge is 2.14. The van der Waals surface area contributed by atoms with Gasteiger partial charge in [-0.2, -0.15) is 0 Å². The van der Waals surface area contributed by atoms with Gasteiger partial charge in [0.1, 0.15) is 0 Å². The summed E-state index contributed by atoms with van der Waals surface area (Å²) in [5.41, 5.74) is 7.09. The maximum atomic E-state index is 11.7. The summed E-state index contributed by atoms with van der Waals surface area (Å²) >= 11 is 0. The number of carbonyl (C=O) groups is 1. The van der Waals surface area contributed by atoms with Crippen molar-refractivity contribution in [3.63, 3.8) is 0 Å². The molecule has 1 heterocycles. The summed E-state index contributed by atoms with van der Waals surface area (Å²) in [7, 11) is 0. The second-order valence-electron chi connectivity index (χ2n) is 6.41. The van der Waals surface area contributed by atoms with E-state index in [4.69, 9.17) is 15.2 Å². The normalized spacial score (nSPS) is 13.6. The zero-order valence-electron chi connectivity index (χ0n) is 15.1. The van der Waals surface area contributed by atoms with Crippen LogP contribution in [-0.4, -0.2) is 12.7 Å². The molecule has 25 heavy (non-hydrogen) atoms. The summed E-state index contributed by atoms with van der Waals surface area (Å²) in [4.78, 5) is 11.7. The average Bonchev–Trinajstić information content (AvgIpc) is 3.06. The third-order valence-corrected chi connectivity index (χ3v) is 4.31. The van der Waals surface area contributed by atoms with Gasteiger partial charge >= 0.3 is 0 Å². The van der Waals surface area contributed by atoms with Gasteiger partial charge in [-0.1, -0.05) is 63.3 Å². The maximum Gasteiger partial charge on any atom is 0.244 e. The minimum Gasteiger partial charge on any atom is -0.454 e. The van der Waals surface area contributed by atoms with Gasteiger partial charge in [0.05, 0.1) is 0 Å². The van der Waals surface area contributed by atoms with E-state index >= 15 is 0 Å². The van der Waals surface area contributed by atoms with Crippen molar-refractivity contribution in [2.24, 2.45) is 5.73 Å². The fraction of sp³-hybridized carbons (Fsp3) is 0.476. The Morgan fingerprint density at radius 1 is 1.12 bits per heavy atom. The molecule has 0 spiro atoms. The first-order chi connectivity index (χ1) is 12.2. The van der Waals surface area contributed by atoms with Crippen molar-refractivity contribution in [1.82, 2.24) is 0 Å². The topological polar surface area (TPSA) is 61.6 Å². The van der Waals surface area contributed by atoms with Crippen LogP contribution in [0.4, 0.5) is 0 Å². The first-order valence-electron chi connectivity index (χ1n) is 9.24. The van der Waals surface area contributed by atoms with Crippen molar-refractivity contribution in [3.8, 4) is 11.5 Å². The van der Waals surface area contributed by atoms with E-state index in [-0.39, 0.29) is 12.7 Å². The number of hydrogen-bond donors (Lipinski definition) is 1. The van der Waals surface area contributed by atoms with Crippen molar-refractivity contribution in [2.45, 2.75) is 58.3 Å². The van der Waals surface area contributed by atoms with Gasteiger partial charge in [0.15, 0.2) is 11.5 Å². The van der Waals surface area contributed by atoms with Crippen LogP contribution in [0.5, 0.6) is 11.5 Å². The highest BCUT2D eigenvalue weighted by Crippen LogP contribution is 2.33. The summed E-state index contributed by atoms with van der Waals surface area (Å²) < 4.78 is 10.7. The number of benzene rings is 1. The predicted molar refractivity (Wildman–Crippen MR) is 101 cm³/mol. The Morgan fingerprint density at radius 2 is 1.88 bits per heavy atom. The molecule has 1 aliphatic rings. The van der Waals surface area contributed by atoms with Crippen molar-refractivity contribution < 1.29 is 14.3 Å². The number of carbonyl (C=O) groups excluding carboxylic acids is 1. The molecular formula is C21H29NO3. The van der Waals surface area contributed by atoms with Crippen LogP contribution in [0.3, 0.4) is 0 Å². The third-order valence-electron chi connectivity index (χ3n) is 4.31. The predicted octanol–water partition coefficient (Wildman–Crippen LogP) is 4.68. The molecule has 1 aromatic carbocycles. The second-order valence-corrected chi connectivity index (χ2v) is 6.41. The van der Waals surface area contributed by atoms with E-state index in [0.717, 1.165) is 23.5 Å². The molecule has 0 saturated carbocycles. The lowest BCUT2D eigenvalue weighted by Crippen LogP contribution is -2.15. The van der Waals surface area contributed by atoms with Crippen LogP contribution in [0.2, 0.25) is 0 Å². The van der Waals surface area contributed by atoms with E-state index in [1.54, 1.807) is 0 Å². The minimum absolute atomic E-state index is 0.248. The molecule has 2 N–H and O–H groups in total. The van der Waals surface area contributed by atoms with Crippen molar-refractivity contribution >= 4 is 5.91 Å². The van der Waals surface area contributed by atoms with Gasteiger partial charge in [0.25, 0.3) is 0 Å². The number of nitrogens with two attached hydrogens (primary N) is 1. The number of amides is 1. The molecule has 1 amide bonds. The largest absolute Gasteiger partial charge is 0.454 e. The number of hydrogen-bond acceptors (Lipinski definition) is 3. The molecule has 0 aliphatic carbocycles. The first kappa shape index (κ1) is 19.1. The van der Waals surface area contributed by atoms with E-state index in [1.165, 1.54) is 38.5 Å². The summed E-state index contributed by atoms with van der Waals surface area (Å²) in [6.45, 7) is 2.48. The van der Waals surface area contributed by atoms with Gasteiger partial charge in [-0.25, -0.2) is 0 Å². The van der Waals surface area contributed by atoms with Gasteiger partial charge < -0.3 is 15.2 Å². The Kier molecular flexibility index (Phi) is 8.10. The number of allylic oxidation sites excluding steroid dienone is 3. The zero-order chi connectivity index (χ0) is 17.9. The molecule has 4 heteroatoms. The van der Waals surface area contributed by atoms with Gasteiger partial charge in [-0.15, -0.1) is 0 Å². The van der Waals surface area contributed by atoms with Crippen LogP contribution >= 0.6 is 0 Å². The highest BCUT2D eigenvalue weighted by atomic mass is 16.7. The van der Waals surface area contributed by atoms with E-state index in [9.17, 15) is 4.79 Å². The van der Waals surface area contributed by atoms with Crippen LogP contribution in [0.1, 0.15) is 57.4 Å². The fourth-order valence-corrected chi connectivity index (χ4v) is 2.82. The minimum atomic E-state index is -0.387. The Labute approximate surface area is 150 Å². The number of fused-ring (bicyclic) bond motifs is 1. The van der Waals surface area contributed by atoms with Crippen molar-refractivity contribution in [1.29, 1.82) is 0 Å². The molecule has 0 fully saturated rings. The lowest BCUT2D eigenvalue weighted by atomic mass is 10.0. The zero-order valence-corrected chi connectivity index (χ0v) is 15.1. The molecular weight excluding hydrogens is 314 g/mol. The van der Waals surface area contributed by atoms with Crippen LogP contribution in [0.25, 0.3) is 0 Å². The standard InChI is InChI=1S/C21H29NO3/c1-2-3-4-5-6-7-8-9-10-11-18(21(22)23)14-17-12-13-19-20(15-17)25-16-24-19/h9-13,15H,2-8,14,16H2,1H3,(H2,22,23). The van der Waals surface area contributed by atoms with Gasteiger partial charge in [-0.05, 0) is 30.5 Å². The third kappa shape index (κ3) is 6.65. The smallest absolute Gasteiger partial charge is 0.244 e. The monoisotopic (exact) mass is 343 g/mol. The second kappa shape index (κ2) is 10.6. The molecule has 0 saturated heterocycles. The van der Waals surface area contributed by atoms with E-state index in [0.29, 0.717) is 12.0 Å². The number of rotatable bonds is 11. The van der Waals surface area contributed by atoms with Crippen LogP contribution in [-0.2, 0) is 11.2 Å². The summed E-state index contributed by atoms with van der Waals surface area (Å²) in [6.07, 6.45) is 15.1. The first-order valence-corrected chi connectivity index (χ1v) is 9.24. The quantitative estimate of drug-likeness (QED) is 0.360. The maximum absolute atomic E-state index is 11.7. The summed E-state index contributed by atoms with van der Waals surface area (Å²) in [5.74, 6) is 1.08. The number of primary amides is 1. The van der Waals surface area contributed by atoms with E-state index in [2.05, 4.69) is 13.0 Å². The SMILES string of the molecule is CCCCCCCCC=CC=C(Cc1ccc2c(c1)OCO2)C(N)=O. The van der Waals surface area contributed by atoms with Gasteiger partial charge in [0.2, 0.25) is 12.7 Å². The van der Waals surface area contributed by atoms with Crippen LogP contribution in [0.15, 0.2) is 42.0 Å². The molecule has 0 bridgehead atoms. The molecule has 1 aromatic rings. The Hall–Kier alpha value is -2.23. The summed E-state index contributed by atoms with van der Waals surface area (Å²) in [6, 6.07) is 5.70. The van der Waals surface area contributed by atoms with E-state index in [1.807, 2.05) is 30.4 Å².